The van der Waals surface area contributed by atoms with Crippen LogP contribution in [-0.2, 0) is 10.0 Å². The van der Waals surface area contributed by atoms with E-state index in [-0.39, 0.29) is 14.9 Å². The molecule has 0 spiro atoms. The number of hydrogen-bond donors (Lipinski definition) is 2. The molecule has 2 aromatic carbocycles. The standard InChI is InChI=1S/C13H9Br2NO4S/c14-9-2-1-3-10(7-9)16-21(19,20)12-5-4-8(13(17)18)6-11(12)15/h1-7,16H,(H,17,18). The second-order valence-corrected chi connectivity index (χ2v) is 7.49. The highest BCUT2D eigenvalue weighted by Crippen LogP contribution is 2.26. The molecular weight excluding hydrogens is 426 g/mol. The van der Waals surface area contributed by atoms with Gasteiger partial charge in [-0.3, -0.25) is 4.72 Å². The van der Waals surface area contributed by atoms with Crippen LogP contribution in [0.15, 0.2) is 56.3 Å². The van der Waals surface area contributed by atoms with Crippen LogP contribution in [0.1, 0.15) is 10.4 Å². The number of nitrogens with one attached hydrogen (secondary N) is 1. The summed E-state index contributed by atoms with van der Waals surface area (Å²) in [6.07, 6.45) is 0. The van der Waals surface area contributed by atoms with Crippen LogP contribution in [-0.4, -0.2) is 19.5 Å². The highest BCUT2D eigenvalue weighted by atomic mass is 79.9. The highest BCUT2D eigenvalue weighted by molar-refractivity contribution is 9.10. The van der Waals surface area contributed by atoms with Crippen LogP contribution < -0.4 is 4.72 Å². The van der Waals surface area contributed by atoms with E-state index < -0.39 is 16.0 Å². The summed E-state index contributed by atoms with van der Waals surface area (Å²) >= 11 is 6.34. The fourth-order valence-electron chi connectivity index (χ4n) is 1.61. The maximum absolute atomic E-state index is 12.3. The van der Waals surface area contributed by atoms with Gasteiger partial charge in [-0.25, -0.2) is 13.2 Å². The van der Waals surface area contributed by atoms with Crippen LogP contribution in [0.5, 0.6) is 0 Å². The molecule has 0 amide bonds. The molecule has 0 unspecified atom stereocenters. The van der Waals surface area contributed by atoms with Crippen molar-refractivity contribution in [3.05, 3.63) is 57.0 Å². The Kier molecular flexibility index (Phi) is 4.70. The zero-order chi connectivity index (χ0) is 15.6. The van der Waals surface area contributed by atoms with Crippen molar-refractivity contribution in [2.75, 3.05) is 4.72 Å². The number of carbonyl (C=O) groups is 1. The van der Waals surface area contributed by atoms with Gasteiger partial charge in [0.25, 0.3) is 10.0 Å². The van der Waals surface area contributed by atoms with Crippen molar-refractivity contribution in [1.82, 2.24) is 0 Å². The average Bonchev–Trinajstić information content (AvgIpc) is 2.37. The Balaban J connectivity index is 2.38. The number of carboxylic acids is 1. The molecular formula is C13H9Br2NO4S. The van der Waals surface area contributed by atoms with Crippen LogP contribution >= 0.6 is 31.9 Å². The predicted molar refractivity (Wildman–Crippen MR) is 86.1 cm³/mol. The molecule has 2 rings (SSSR count). The Morgan fingerprint density at radius 3 is 2.38 bits per heavy atom. The van der Waals surface area contributed by atoms with Crippen molar-refractivity contribution < 1.29 is 18.3 Å². The summed E-state index contributed by atoms with van der Waals surface area (Å²) in [4.78, 5) is 10.8. The Hall–Kier alpha value is -1.38. The van der Waals surface area contributed by atoms with Gasteiger partial charge in [-0.1, -0.05) is 22.0 Å². The van der Waals surface area contributed by atoms with Gasteiger partial charge in [0.2, 0.25) is 0 Å². The first-order valence-corrected chi connectivity index (χ1v) is 8.68. The summed E-state index contributed by atoms with van der Waals surface area (Å²) in [6.45, 7) is 0. The van der Waals surface area contributed by atoms with Gasteiger partial charge in [0.1, 0.15) is 4.90 Å². The van der Waals surface area contributed by atoms with E-state index in [4.69, 9.17) is 5.11 Å². The van der Waals surface area contributed by atoms with Crippen molar-refractivity contribution in [3.8, 4) is 0 Å². The molecule has 2 N–H and O–H groups in total. The number of halogens is 2. The van der Waals surface area contributed by atoms with Gasteiger partial charge in [-0.2, -0.15) is 0 Å². The van der Waals surface area contributed by atoms with Crippen LogP contribution in [0.3, 0.4) is 0 Å². The molecule has 5 nitrogen and oxygen atoms in total. The maximum atomic E-state index is 12.3. The maximum Gasteiger partial charge on any atom is 0.335 e. The molecule has 0 saturated heterocycles. The number of benzene rings is 2. The summed E-state index contributed by atoms with van der Waals surface area (Å²) in [5.74, 6) is -1.13. The fraction of sp³-hybridized carbons (Fsp3) is 0. The van der Waals surface area contributed by atoms with Crippen molar-refractivity contribution in [2.45, 2.75) is 4.90 Å². The Labute approximate surface area is 138 Å². The van der Waals surface area contributed by atoms with Gasteiger partial charge in [0.05, 0.1) is 5.56 Å². The second-order valence-electron chi connectivity index (χ2n) is 4.07. The van der Waals surface area contributed by atoms with Gasteiger partial charge in [-0.05, 0) is 52.3 Å². The zero-order valence-electron chi connectivity index (χ0n) is 10.4. The number of hydrogen-bond acceptors (Lipinski definition) is 3. The lowest BCUT2D eigenvalue weighted by molar-refractivity contribution is 0.0696. The smallest absolute Gasteiger partial charge is 0.335 e. The number of anilines is 1. The molecule has 0 aliphatic carbocycles. The number of rotatable bonds is 4. The minimum Gasteiger partial charge on any atom is -0.478 e. The van der Waals surface area contributed by atoms with Crippen molar-refractivity contribution >= 4 is 53.5 Å². The zero-order valence-corrected chi connectivity index (χ0v) is 14.4. The van der Waals surface area contributed by atoms with E-state index in [0.29, 0.717) is 5.69 Å². The molecule has 21 heavy (non-hydrogen) atoms. The van der Waals surface area contributed by atoms with Crippen LogP contribution in [0, 0.1) is 0 Å². The van der Waals surface area contributed by atoms with Gasteiger partial charge >= 0.3 is 5.97 Å². The molecule has 110 valence electrons. The van der Waals surface area contributed by atoms with E-state index >= 15 is 0 Å². The molecule has 0 saturated carbocycles. The van der Waals surface area contributed by atoms with E-state index in [2.05, 4.69) is 36.6 Å². The molecule has 0 aromatic heterocycles. The summed E-state index contributed by atoms with van der Waals surface area (Å²) in [6, 6.07) is 10.4. The Morgan fingerprint density at radius 2 is 1.81 bits per heavy atom. The quantitative estimate of drug-likeness (QED) is 0.768. The van der Waals surface area contributed by atoms with Crippen LogP contribution in [0.25, 0.3) is 0 Å². The van der Waals surface area contributed by atoms with E-state index in [1.165, 1.54) is 18.2 Å². The summed E-state index contributed by atoms with van der Waals surface area (Å²) in [5, 5.41) is 8.88. The summed E-state index contributed by atoms with van der Waals surface area (Å²) < 4.78 is 28.0. The minimum absolute atomic E-state index is 0.00304. The first kappa shape index (κ1) is 16.0. The normalized spacial score (nSPS) is 11.1. The second kappa shape index (κ2) is 6.17. The molecule has 0 bridgehead atoms. The molecule has 0 fully saturated rings. The van der Waals surface area contributed by atoms with Crippen molar-refractivity contribution in [3.63, 3.8) is 0 Å². The van der Waals surface area contributed by atoms with Crippen molar-refractivity contribution in [2.24, 2.45) is 0 Å². The largest absolute Gasteiger partial charge is 0.478 e. The lowest BCUT2D eigenvalue weighted by Gasteiger charge is -2.10. The first-order valence-electron chi connectivity index (χ1n) is 5.61. The van der Waals surface area contributed by atoms with Gasteiger partial charge in [-0.15, -0.1) is 0 Å². The monoisotopic (exact) mass is 433 g/mol. The van der Waals surface area contributed by atoms with E-state index in [1.807, 2.05) is 0 Å². The first-order chi connectivity index (χ1) is 9.79. The molecule has 0 atom stereocenters. The third-order valence-electron chi connectivity index (χ3n) is 2.55. The lowest BCUT2D eigenvalue weighted by atomic mass is 10.2. The molecule has 0 aliphatic heterocycles. The third-order valence-corrected chi connectivity index (χ3v) is 5.40. The highest BCUT2D eigenvalue weighted by Gasteiger charge is 2.19. The SMILES string of the molecule is O=C(O)c1ccc(S(=O)(=O)Nc2cccc(Br)c2)c(Br)c1. The van der Waals surface area contributed by atoms with Crippen LogP contribution in [0.2, 0.25) is 0 Å². The fourth-order valence-corrected chi connectivity index (χ4v) is 4.14. The molecule has 0 radical (unpaired) electrons. The Bertz CT molecular complexity index is 806. The summed E-state index contributed by atoms with van der Waals surface area (Å²) in [7, 11) is -3.81. The molecule has 2 aromatic rings. The van der Waals surface area contributed by atoms with E-state index in [0.717, 1.165) is 4.47 Å². The minimum atomic E-state index is -3.81. The van der Waals surface area contributed by atoms with E-state index in [1.54, 1.807) is 24.3 Å². The topological polar surface area (TPSA) is 83.5 Å². The van der Waals surface area contributed by atoms with Gasteiger partial charge in [0.15, 0.2) is 0 Å². The number of aromatic carboxylic acids is 1. The predicted octanol–water partition coefficient (Wildman–Crippen LogP) is 3.71. The van der Waals surface area contributed by atoms with Crippen LogP contribution in [0.4, 0.5) is 5.69 Å². The van der Waals surface area contributed by atoms with Crippen molar-refractivity contribution in [1.29, 1.82) is 0 Å². The number of sulfonamides is 1. The van der Waals surface area contributed by atoms with E-state index in [9.17, 15) is 13.2 Å². The molecule has 0 heterocycles. The van der Waals surface area contributed by atoms with Gasteiger partial charge < -0.3 is 5.11 Å². The molecule has 8 heteroatoms. The molecule has 0 aliphatic rings. The lowest BCUT2D eigenvalue weighted by Crippen LogP contribution is -2.14. The Morgan fingerprint density at radius 1 is 1.10 bits per heavy atom. The summed E-state index contributed by atoms with van der Waals surface area (Å²) in [5.41, 5.74) is 0.405. The number of carboxylic acid groups (broad SMARTS) is 1. The van der Waals surface area contributed by atoms with Gasteiger partial charge in [0, 0.05) is 14.6 Å². The third kappa shape index (κ3) is 3.84. The average molecular weight is 435 g/mol.